The summed E-state index contributed by atoms with van der Waals surface area (Å²) in [6, 6.07) is 29.0. The highest BCUT2D eigenvalue weighted by Gasteiger charge is 2.21. The summed E-state index contributed by atoms with van der Waals surface area (Å²) in [6.07, 6.45) is 1.16. The summed E-state index contributed by atoms with van der Waals surface area (Å²) in [5.41, 5.74) is 6.14. The lowest BCUT2D eigenvalue weighted by Crippen LogP contribution is -2.39. The van der Waals surface area contributed by atoms with Crippen molar-refractivity contribution in [3.8, 4) is 33.8 Å². The van der Waals surface area contributed by atoms with Gasteiger partial charge in [-0.3, -0.25) is 0 Å². The van der Waals surface area contributed by atoms with Gasteiger partial charge in [-0.2, -0.15) is 0 Å². The third-order valence-corrected chi connectivity index (χ3v) is 6.97. The van der Waals surface area contributed by atoms with Crippen molar-refractivity contribution in [1.29, 1.82) is 0 Å². The molecule has 0 aromatic heterocycles. The Balaban J connectivity index is 1.21. The molecule has 5 rings (SSSR count). The monoisotopic (exact) mass is 523 g/mol. The van der Waals surface area contributed by atoms with Crippen LogP contribution in [0.3, 0.4) is 0 Å². The summed E-state index contributed by atoms with van der Waals surface area (Å²) in [4.78, 5) is 11.9. The molecule has 2 atom stereocenters. The molecular weight excluding hydrogens is 490 g/mol. The summed E-state index contributed by atoms with van der Waals surface area (Å²) >= 11 is 0. The zero-order valence-corrected chi connectivity index (χ0v) is 22.0. The molecule has 2 unspecified atom stereocenters. The number of ether oxygens (including phenoxy) is 2. The smallest absolute Gasteiger partial charge is 0.336 e. The minimum atomic E-state index is -0.938. The van der Waals surface area contributed by atoms with Gasteiger partial charge in [-0.05, 0) is 84.0 Å². The fraction of sp³-hybridized carbons (Fsp3) is 0.242. The van der Waals surface area contributed by atoms with E-state index >= 15 is 0 Å². The van der Waals surface area contributed by atoms with E-state index in [4.69, 9.17) is 9.47 Å². The molecule has 1 aliphatic heterocycles. The van der Waals surface area contributed by atoms with Crippen LogP contribution in [-0.2, 0) is 6.42 Å². The van der Waals surface area contributed by atoms with E-state index in [2.05, 4.69) is 11.4 Å². The number of nitrogens with one attached hydrogen (secondary N) is 1. The van der Waals surface area contributed by atoms with E-state index < -0.39 is 12.1 Å². The molecule has 0 saturated carbocycles. The predicted octanol–water partition coefficient (Wildman–Crippen LogP) is 5.75. The van der Waals surface area contributed by atoms with Gasteiger partial charge in [0, 0.05) is 13.1 Å². The predicted molar refractivity (Wildman–Crippen MR) is 153 cm³/mol. The molecule has 6 heteroatoms. The Morgan fingerprint density at radius 1 is 0.974 bits per heavy atom. The average molecular weight is 524 g/mol. The number of aromatic carboxylic acids is 1. The average Bonchev–Trinajstić information content (AvgIpc) is 2.96. The van der Waals surface area contributed by atoms with Crippen molar-refractivity contribution in [1.82, 2.24) is 5.32 Å². The second kappa shape index (κ2) is 12.2. The highest BCUT2D eigenvalue weighted by atomic mass is 16.5. The minimum Gasteiger partial charge on any atom is -0.491 e. The Kier molecular flexibility index (Phi) is 8.25. The fourth-order valence-corrected chi connectivity index (χ4v) is 4.83. The number of hydrogen-bond acceptors (Lipinski definition) is 5. The number of benzene rings is 4. The second-order valence-corrected chi connectivity index (χ2v) is 9.97. The molecule has 1 heterocycles. The molecule has 0 amide bonds. The maximum atomic E-state index is 11.9. The normalized spacial score (nSPS) is 15.2. The van der Waals surface area contributed by atoms with Gasteiger partial charge in [0.15, 0.2) is 0 Å². The van der Waals surface area contributed by atoms with Gasteiger partial charge in [0.25, 0.3) is 0 Å². The van der Waals surface area contributed by atoms with Crippen LogP contribution in [-0.4, -0.2) is 48.1 Å². The summed E-state index contributed by atoms with van der Waals surface area (Å²) in [5, 5.41) is 23.3. The van der Waals surface area contributed by atoms with Gasteiger partial charge in [0.1, 0.15) is 30.3 Å². The van der Waals surface area contributed by atoms with Crippen molar-refractivity contribution >= 4 is 5.97 Å². The number of fused-ring (bicyclic) bond motifs is 1. The van der Waals surface area contributed by atoms with E-state index in [0.29, 0.717) is 18.7 Å². The number of carboxylic acids is 1. The summed E-state index contributed by atoms with van der Waals surface area (Å²) < 4.78 is 11.8. The first kappa shape index (κ1) is 26.5. The molecule has 1 aliphatic rings. The molecular formula is C33H33NO5. The fourth-order valence-electron chi connectivity index (χ4n) is 4.83. The number of rotatable bonds is 10. The van der Waals surface area contributed by atoms with Crippen LogP contribution >= 0.6 is 0 Å². The molecule has 0 aliphatic carbocycles. The van der Waals surface area contributed by atoms with Crippen LogP contribution in [0.4, 0.5) is 0 Å². The van der Waals surface area contributed by atoms with Gasteiger partial charge in [-0.1, -0.05) is 60.2 Å². The summed E-state index contributed by atoms with van der Waals surface area (Å²) in [7, 11) is 0. The Morgan fingerprint density at radius 3 is 2.46 bits per heavy atom. The SMILES string of the molecule is Cc1ccc(-c2cc(-c3ccc4c(c3)CCC(CNCC(O)COc3ccccc3)O4)ccc2C(=O)O)cc1. The van der Waals surface area contributed by atoms with Crippen LogP contribution in [0.15, 0.2) is 91.0 Å². The maximum absolute atomic E-state index is 11.9. The highest BCUT2D eigenvalue weighted by Crippen LogP contribution is 2.34. The van der Waals surface area contributed by atoms with E-state index in [1.54, 1.807) is 6.07 Å². The number of aryl methyl sites for hydroxylation is 2. The first-order valence-corrected chi connectivity index (χ1v) is 13.3. The van der Waals surface area contributed by atoms with Crippen LogP contribution in [0.5, 0.6) is 11.5 Å². The number of aliphatic hydroxyl groups is 1. The largest absolute Gasteiger partial charge is 0.491 e. The van der Waals surface area contributed by atoms with Gasteiger partial charge >= 0.3 is 5.97 Å². The van der Waals surface area contributed by atoms with E-state index in [9.17, 15) is 15.0 Å². The van der Waals surface area contributed by atoms with Gasteiger partial charge in [-0.25, -0.2) is 4.79 Å². The van der Waals surface area contributed by atoms with Gasteiger partial charge in [0.05, 0.1) is 5.56 Å². The second-order valence-electron chi connectivity index (χ2n) is 9.97. The maximum Gasteiger partial charge on any atom is 0.336 e. The number of carboxylic acid groups (broad SMARTS) is 1. The summed E-state index contributed by atoms with van der Waals surface area (Å²) in [5.74, 6) is 0.671. The van der Waals surface area contributed by atoms with Crippen molar-refractivity contribution in [2.45, 2.75) is 32.0 Å². The third kappa shape index (κ3) is 6.66. The van der Waals surface area contributed by atoms with Crippen LogP contribution < -0.4 is 14.8 Å². The summed E-state index contributed by atoms with van der Waals surface area (Å²) in [6.45, 7) is 3.31. The lowest BCUT2D eigenvalue weighted by Gasteiger charge is -2.27. The lowest BCUT2D eigenvalue weighted by molar-refractivity contribution is 0.0697. The minimum absolute atomic E-state index is 0.0218. The van der Waals surface area contributed by atoms with Crippen LogP contribution in [0.25, 0.3) is 22.3 Å². The molecule has 0 bridgehead atoms. The molecule has 200 valence electrons. The molecule has 0 fully saturated rings. The quantitative estimate of drug-likeness (QED) is 0.245. The first-order valence-electron chi connectivity index (χ1n) is 13.3. The zero-order chi connectivity index (χ0) is 27.2. The number of aliphatic hydroxyl groups excluding tert-OH is 1. The molecule has 0 saturated heterocycles. The van der Waals surface area contributed by atoms with Gasteiger partial charge in [-0.15, -0.1) is 0 Å². The van der Waals surface area contributed by atoms with E-state index in [1.165, 1.54) is 0 Å². The lowest BCUT2D eigenvalue weighted by atomic mass is 9.92. The number of hydrogen-bond donors (Lipinski definition) is 3. The number of para-hydroxylation sites is 1. The number of carbonyl (C=O) groups is 1. The Morgan fingerprint density at radius 2 is 1.69 bits per heavy atom. The topological polar surface area (TPSA) is 88.0 Å². The third-order valence-electron chi connectivity index (χ3n) is 6.97. The molecule has 3 N–H and O–H groups in total. The molecule has 6 nitrogen and oxygen atoms in total. The van der Waals surface area contributed by atoms with Crippen LogP contribution in [0.2, 0.25) is 0 Å². The Labute approximate surface area is 228 Å². The van der Waals surface area contributed by atoms with Crippen LogP contribution in [0.1, 0.15) is 27.9 Å². The van der Waals surface area contributed by atoms with E-state index in [1.807, 2.05) is 85.8 Å². The Hall–Kier alpha value is -4.13. The van der Waals surface area contributed by atoms with Gasteiger partial charge < -0.3 is 25.0 Å². The zero-order valence-electron chi connectivity index (χ0n) is 22.0. The van der Waals surface area contributed by atoms with Crippen molar-refractivity contribution in [2.75, 3.05) is 19.7 Å². The molecule has 39 heavy (non-hydrogen) atoms. The Bertz CT molecular complexity index is 1420. The molecule has 4 aromatic rings. The van der Waals surface area contributed by atoms with E-state index in [-0.39, 0.29) is 18.3 Å². The van der Waals surface area contributed by atoms with Crippen molar-refractivity contribution in [2.24, 2.45) is 0 Å². The highest BCUT2D eigenvalue weighted by molar-refractivity contribution is 5.97. The van der Waals surface area contributed by atoms with E-state index in [0.717, 1.165) is 52.2 Å². The van der Waals surface area contributed by atoms with Gasteiger partial charge in [0.2, 0.25) is 0 Å². The molecule has 0 radical (unpaired) electrons. The van der Waals surface area contributed by atoms with Crippen LogP contribution in [0, 0.1) is 6.92 Å². The van der Waals surface area contributed by atoms with Crippen molar-refractivity contribution < 1.29 is 24.5 Å². The van der Waals surface area contributed by atoms with Crippen molar-refractivity contribution in [3.05, 3.63) is 108 Å². The first-order chi connectivity index (χ1) is 19.0. The standard InChI is InChI=1S/C33H33NO5/c1-22-7-9-23(10-8-22)31-18-25(12-15-30(31)33(36)37)24-13-16-32-26(17-24)11-14-29(39-32)20-34-19-27(35)21-38-28-5-3-2-4-6-28/h2-10,12-13,15-18,27,29,34-35H,11,14,19-21H2,1H3,(H,36,37). The van der Waals surface area contributed by atoms with Crippen molar-refractivity contribution in [3.63, 3.8) is 0 Å². The molecule has 0 spiro atoms. The molecule has 4 aromatic carbocycles.